The Morgan fingerprint density at radius 3 is 2.65 bits per heavy atom. The first-order chi connectivity index (χ1) is 9.51. The van der Waals surface area contributed by atoms with Gasteiger partial charge in [0.15, 0.2) is 0 Å². The summed E-state index contributed by atoms with van der Waals surface area (Å²) in [4.78, 5) is 15.0. The molecular formula is C14H22N4O2. The average molecular weight is 278 g/mol. The van der Waals surface area contributed by atoms with Crippen molar-refractivity contribution in [3.63, 3.8) is 0 Å². The summed E-state index contributed by atoms with van der Waals surface area (Å²) in [6.45, 7) is 4.51. The van der Waals surface area contributed by atoms with E-state index in [-0.39, 0.29) is 16.7 Å². The van der Waals surface area contributed by atoms with Gasteiger partial charge in [-0.05, 0) is 37.2 Å². The van der Waals surface area contributed by atoms with E-state index < -0.39 is 0 Å². The SMILES string of the molecule is CNc1ccc([N+](=O)[O-])c(NC2CCC(C)C(C)C2)n1. The van der Waals surface area contributed by atoms with E-state index in [1.165, 1.54) is 6.07 Å². The number of anilines is 2. The maximum Gasteiger partial charge on any atom is 0.311 e. The molecular weight excluding hydrogens is 256 g/mol. The highest BCUT2D eigenvalue weighted by atomic mass is 16.6. The lowest BCUT2D eigenvalue weighted by Gasteiger charge is -2.32. The van der Waals surface area contributed by atoms with Gasteiger partial charge < -0.3 is 10.6 Å². The first kappa shape index (κ1) is 14.6. The Bertz CT molecular complexity index is 492. The Hall–Kier alpha value is -1.85. The Morgan fingerprint density at radius 1 is 1.30 bits per heavy atom. The van der Waals surface area contributed by atoms with Crippen molar-refractivity contribution in [2.45, 2.75) is 39.2 Å². The zero-order chi connectivity index (χ0) is 14.7. The van der Waals surface area contributed by atoms with E-state index in [0.29, 0.717) is 17.6 Å². The summed E-state index contributed by atoms with van der Waals surface area (Å²) in [6.07, 6.45) is 3.22. The molecule has 1 heterocycles. The Labute approximate surface area is 119 Å². The van der Waals surface area contributed by atoms with Gasteiger partial charge in [0.2, 0.25) is 5.82 Å². The molecule has 1 aliphatic carbocycles. The van der Waals surface area contributed by atoms with Crippen LogP contribution in [0.15, 0.2) is 12.1 Å². The molecule has 2 N–H and O–H groups in total. The van der Waals surface area contributed by atoms with Crippen LogP contribution in [0.25, 0.3) is 0 Å². The fourth-order valence-corrected chi connectivity index (χ4v) is 2.72. The standard InChI is InChI=1S/C14H22N4O2/c1-9-4-5-11(8-10(9)2)16-14-12(18(19)20)6-7-13(15-3)17-14/h6-7,9-11H,4-5,8H2,1-3H3,(H2,15,16,17). The van der Waals surface area contributed by atoms with Gasteiger partial charge in [0.25, 0.3) is 0 Å². The van der Waals surface area contributed by atoms with Gasteiger partial charge in [0, 0.05) is 19.2 Å². The highest BCUT2D eigenvalue weighted by Gasteiger charge is 2.26. The van der Waals surface area contributed by atoms with Crippen LogP contribution in [-0.4, -0.2) is 23.0 Å². The van der Waals surface area contributed by atoms with Crippen molar-refractivity contribution < 1.29 is 4.92 Å². The number of nitro groups is 1. The number of aromatic nitrogens is 1. The van der Waals surface area contributed by atoms with E-state index in [9.17, 15) is 10.1 Å². The maximum atomic E-state index is 11.1. The molecule has 0 radical (unpaired) electrons. The molecule has 1 aliphatic rings. The van der Waals surface area contributed by atoms with Crippen LogP contribution >= 0.6 is 0 Å². The molecule has 2 rings (SSSR count). The minimum atomic E-state index is -0.385. The van der Waals surface area contributed by atoms with Gasteiger partial charge in [-0.1, -0.05) is 13.8 Å². The topological polar surface area (TPSA) is 80.1 Å². The van der Waals surface area contributed by atoms with Gasteiger partial charge in [-0.25, -0.2) is 4.98 Å². The summed E-state index contributed by atoms with van der Waals surface area (Å²) in [5, 5.41) is 17.3. The van der Waals surface area contributed by atoms with Crippen molar-refractivity contribution in [2.75, 3.05) is 17.7 Å². The molecule has 0 aromatic carbocycles. The summed E-state index contributed by atoms with van der Waals surface area (Å²) >= 11 is 0. The predicted octanol–water partition coefficient (Wildman–Crippen LogP) is 3.27. The number of hydrogen-bond acceptors (Lipinski definition) is 5. The maximum absolute atomic E-state index is 11.1. The van der Waals surface area contributed by atoms with Crippen LogP contribution in [-0.2, 0) is 0 Å². The van der Waals surface area contributed by atoms with E-state index in [1.54, 1.807) is 13.1 Å². The lowest BCUT2D eigenvalue weighted by atomic mass is 9.79. The van der Waals surface area contributed by atoms with Crippen molar-refractivity contribution in [3.8, 4) is 0 Å². The molecule has 6 nitrogen and oxygen atoms in total. The Kier molecular flexibility index (Phi) is 4.42. The highest BCUT2D eigenvalue weighted by Crippen LogP contribution is 2.33. The summed E-state index contributed by atoms with van der Waals surface area (Å²) in [5.41, 5.74) is 0.0373. The van der Waals surface area contributed by atoms with Crippen molar-refractivity contribution in [3.05, 3.63) is 22.2 Å². The first-order valence-electron chi connectivity index (χ1n) is 7.11. The molecule has 1 saturated carbocycles. The van der Waals surface area contributed by atoms with E-state index in [0.717, 1.165) is 25.2 Å². The first-order valence-corrected chi connectivity index (χ1v) is 7.11. The largest absolute Gasteiger partial charge is 0.373 e. The van der Waals surface area contributed by atoms with E-state index in [1.807, 2.05) is 0 Å². The van der Waals surface area contributed by atoms with Gasteiger partial charge in [0.05, 0.1) is 4.92 Å². The second-order valence-corrected chi connectivity index (χ2v) is 5.68. The molecule has 0 amide bonds. The van der Waals surface area contributed by atoms with Gasteiger partial charge in [-0.3, -0.25) is 10.1 Å². The minimum absolute atomic E-state index is 0.0373. The number of nitrogens with zero attached hydrogens (tertiary/aromatic N) is 2. The van der Waals surface area contributed by atoms with Crippen LogP contribution in [0.4, 0.5) is 17.3 Å². The lowest BCUT2D eigenvalue weighted by Crippen LogP contribution is -2.30. The van der Waals surface area contributed by atoms with Crippen LogP contribution in [0.5, 0.6) is 0 Å². The zero-order valence-electron chi connectivity index (χ0n) is 12.2. The molecule has 3 unspecified atom stereocenters. The molecule has 6 heteroatoms. The Morgan fingerprint density at radius 2 is 2.05 bits per heavy atom. The molecule has 1 fully saturated rings. The molecule has 0 saturated heterocycles. The minimum Gasteiger partial charge on any atom is -0.373 e. The number of nitrogens with one attached hydrogen (secondary N) is 2. The van der Waals surface area contributed by atoms with Crippen molar-refractivity contribution in [1.29, 1.82) is 0 Å². The molecule has 1 aromatic rings. The summed E-state index contributed by atoms with van der Waals surface area (Å²) in [7, 11) is 1.75. The third-order valence-electron chi connectivity index (χ3n) is 4.27. The quantitative estimate of drug-likeness (QED) is 0.652. The number of hydrogen-bond donors (Lipinski definition) is 2. The van der Waals surface area contributed by atoms with Crippen LogP contribution in [0.2, 0.25) is 0 Å². The van der Waals surface area contributed by atoms with Gasteiger partial charge in [-0.15, -0.1) is 0 Å². The molecule has 0 aliphatic heterocycles. The molecule has 20 heavy (non-hydrogen) atoms. The molecule has 110 valence electrons. The van der Waals surface area contributed by atoms with Crippen molar-refractivity contribution >= 4 is 17.3 Å². The third kappa shape index (κ3) is 3.18. The van der Waals surface area contributed by atoms with E-state index >= 15 is 0 Å². The molecule has 1 aromatic heterocycles. The van der Waals surface area contributed by atoms with Crippen LogP contribution in [0.1, 0.15) is 33.1 Å². The molecule has 0 spiro atoms. The zero-order valence-corrected chi connectivity index (χ0v) is 12.2. The van der Waals surface area contributed by atoms with Crippen LogP contribution in [0.3, 0.4) is 0 Å². The lowest BCUT2D eigenvalue weighted by molar-refractivity contribution is -0.384. The van der Waals surface area contributed by atoms with E-state index in [2.05, 4.69) is 29.5 Å². The van der Waals surface area contributed by atoms with Crippen molar-refractivity contribution in [2.24, 2.45) is 11.8 Å². The van der Waals surface area contributed by atoms with E-state index in [4.69, 9.17) is 0 Å². The molecule has 0 bridgehead atoms. The van der Waals surface area contributed by atoms with Gasteiger partial charge in [0.1, 0.15) is 5.82 Å². The predicted molar refractivity (Wildman–Crippen MR) is 80.0 cm³/mol. The van der Waals surface area contributed by atoms with Gasteiger partial charge >= 0.3 is 5.69 Å². The second-order valence-electron chi connectivity index (χ2n) is 5.68. The Balaban J connectivity index is 2.17. The number of rotatable bonds is 4. The smallest absolute Gasteiger partial charge is 0.311 e. The van der Waals surface area contributed by atoms with Crippen molar-refractivity contribution in [1.82, 2.24) is 4.98 Å². The average Bonchev–Trinajstić information content (AvgIpc) is 2.42. The fourth-order valence-electron chi connectivity index (χ4n) is 2.72. The van der Waals surface area contributed by atoms with Gasteiger partial charge in [-0.2, -0.15) is 0 Å². The summed E-state index contributed by atoms with van der Waals surface area (Å²) in [5.74, 6) is 2.36. The summed E-state index contributed by atoms with van der Waals surface area (Å²) in [6, 6.07) is 3.38. The molecule has 3 atom stereocenters. The summed E-state index contributed by atoms with van der Waals surface area (Å²) < 4.78 is 0. The monoisotopic (exact) mass is 278 g/mol. The number of pyridine rings is 1. The van der Waals surface area contributed by atoms with Crippen LogP contribution in [0, 0.1) is 22.0 Å². The normalized spacial score (nSPS) is 26.1. The highest BCUT2D eigenvalue weighted by molar-refractivity contribution is 5.60. The van der Waals surface area contributed by atoms with Crippen LogP contribution < -0.4 is 10.6 Å². The second kappa shape index (κ2) is 6.07. The fraction of sp³-hybridized carbons (Fsp3) is 0.643. The third-order valence-corrected chi connectivity index (χ3v) is 4.27.